The minimum atomic E-state index is -0.977. The van der Waals surface area contributed by atoms with Crippen molar-refractivity contribution in [3.05, 3.63) is 30.3 Å². The molecule has 2 aliphatic heterocycles. The summed E-state index contributed by atoms with van der Waals surface area (Å²) in [7, 11) is 0. The lowest BCUT2D eigenvalue weighted by molar-refractivity contribution is -0.150. The molecule has 3 aliphatic rings. The molecule has 0 radical (unpaired) electrons. The van der Waals surface area contributed by atoms with Gasteiger partial charge in [0, 0.05) is 11.7 Å². The molecule has 4 rings (SSSR count). The Labute approximate surface area is 139 Å². The maximum atomic E-state index is 12.4. The quantitative estimate of drug-likeness (QED) is 0.773. The fourth-order valence-electron chi connectivity index (χ4n) is 3.92. The van der Waals surface area contributed by atoms with Crippen LogP contribution in [-0.4, -0.2) is 35.2 Å². The number of carbonyl (C=O) groups excluding carboxylic acids is 2. The van der Waals surface area contributed by atoms with Crippen LogP contribution in [0.2, 0.25) is 0 Å². The lowest BCUT2D eigenvalue weighted by Gasteiger charge is -2.48. The third-order valence-electron chi connectivity index (χ3n) is 5.24. The maximum absolute atomic E-state index is 12.4. The van der Waals surface area contributed by atoms with Crippen LogP contribution in [0.15, 0.2) is 30.3 Å². The second kappa shape index (κ2) is 5.59. The Morgan fingerprint density at radius 3 is 2.50 bits per heavy atom. The van der Waals surface area contributed by atoms with Gasteiger partial charge < -0.3 is 5.11 Å². The second-order valence-electron chi connectivity index (χ2n) is 6.76. The molecular weight excluding hydrogens is 310 g/mol. The largest absolute Gasteiger partial charge is 0.481 e. The summed E-state index contributed by atoms with van der Waals surface area (Å²) >= 11 is 0. The average molecular weight is 329 g/mol. The number of para-hydroxylation sites is 1. The van der Waals surface area contributed by atoms with Crippen molar-refractivity contribution in [1.29, 1.82) is 0 Å². The van der Waals surface area contributed by atoms with Gasteiger partial charge in [-0.05, 0) is 37.3 Å². The highest BCUT2D eigenvalue weighted by Crippen LogP contribution is 2.42. The average Bonchev–Trinajstić information content (AvgIpc) is 3.39. The number of aliphatic carboxylic acids is 1. The first-order valence-electron chi connectivity index (χ1n) is 8.24. The topological polar surface area (TPSA) is 98.7 Å². The van der Waals surface area contributed by atoms with Gasteiger partial charge >= 0.3 is 12.0 Å². The van der Waals surface area contributed by atoms with Gasteiger partial charge in [0.2, 0.25) is 5.91 Å². The normalized spacial score (nSPS) is 32.9. The molecule has 2 heterocycles. The predicted molar refractivity (Wildman–Crippen MR) is 85.1 cm³/mol. The Morgan fingerprint density at radius 2 is 1.88 bits per heavy atom. The minimum Gasteiger partial charge on any atom is -0.481 e. The highest BCUT2D eigenvalue weighted by molar-refractivity contribution is 6.08. The summed E-state index contributed by atoms with van der Waals surface area (Å²) in [6.07, 6.45) is 1.92. The van der Waals surface area contributed by atoms with Crippen LogP contribution in [-0.2, 0) is 9.59 Å². The van der Waals surface area contributed by atoms with Crippen LogP contribution in [0.1, 0.15) is 19.3 Å². The van der Waals surface area contributed by atoms with E-state index in [0.717, 1.165) is 12.8 Å². The number of benzene rings is 1. The van der Waals surface area contributed by atoms with Crippen LogP contribution in [0.25, 0.3) is 0 Å². The van der Waals surface area contributed by atoms with Crippen LogP contribution in [0.3, 0.4) is 0 Å². The van der Waals surface area contributed by atoms with Gasteiger partial charge in [0.25, 0.3) is 0 Å². The number of hydrogen-bond acceptors (Lipinski definition) is 4. The SMILES string of the molecule is O=C(O)C1CC(C2CC2)NC2C1C(=O)NC(=O)N2c1ccccc1. The Kier molecular flexibility index (Phi) is 3.53. The Balaban J connectivity index is 1.74. The molecule has 1 aromatic carbocycles. The molecule has 1 aromatic rings. The third-order valence-corrected chi connectivity index (χ3v) is 5.24. The fraction of sp³-hybridized carbons (Fsp3) is 0.471. The molecule has 0 spiro atoms. The summed E-state index contributed by atoms with van der Waals surface area (Å²) in [6, 6.07) is 8.54. The number of hydrogen-bond donors (Lipinski definition) is 3. The standard InChI is InChI=1S/C17H19N3O4/c21-15-13-11(16(22)23)8-12(9-6-7-9)18-14(13)20(17(24)19-15)10-4-2-1-3-5-10/h1-5,9,11-14,18H,6-8H2,(H,22,23)(H,19,21,24). The van der Waals surface area contributed by atoms with E-state index in [1.165, 1.54) is 4.90 Å². The molecule has 3 N–H and O–H groups in total. The molecule has 4 unspecified atom stereocenters. The second-order valence-corrected chi connectivity index (χ2v) is 6.76. The fourth-order valence-corrected chi connectivity index (χ4v) is 3.92. The van der Waals surface area contributed by atoms with Gasteiger partial charge in [0.15, 0.2) is 0 Å². The predicted octanol–water partition coefficient (Wildman–Crippen LogP) is 1.16. The first kappa shape index (κ1) is 15.1. The van der Waals surface area contributed by atoms with Gasteiger partial charge in [-0.2, -0.15) is 0 Å². The molecule has 1 saturated carbocycles. The Hall–Kier alpha value is -2.41. The summed E-state index contributed by atoms with van der Waals surface area (Å²) in [6.45, 7) is 0. The smallest absolute Gasteiger partial charge is 0.329 e. The summed E-state index contributed by atoms with van der Waals surface area (Å²) in [5.74, 6) is -2.64. The van der Waals surface area contributed by atoms with Gasteiger partial charge in [0.05, 0.1) is 11.8 Å². The van der Waals surface area contributed by atoms with Crippen molar-refractivity contribution in [1.82, 2.24) is 10.6 Å². The lowest BCUT2D eigenvalue weighted by atomic mass is 9.77. The van der Waals surface area contributed by atoms with E-state index >= 15 is 0 Å². The van der Waals surface area contributed by atoms with E-state index < -0.39 is 35.9 Å². The zero-order valence-electron chi connectivity index (χ0n) is 13.0. The number of piperidine rings is 1. The molecule has 126 valence electrons. The number of nitrogens with zero attached hydrogens (tertiary/aromatic N) is 1. The number of carboxylic acids is 1. The van der Waals surface area contributed by atoms with Crippen LogP contribution >= 0.6 is 0 Å². The number of carbonyl (C=O) groups is 3. The van der Waals surface area contributed by atoms with Gasteiger partial charge in [-0.15, -0.1) is 0 Å². The first-order chi connectivity index (χ1) is 11.6. The first-order valence-corrected chi connectivity index (χ1v) is 8.24. The van der Waals surface area contributed by atoms with Crippen molar-refractivity contribution < 1.29 is 19.5 Å². The number of fused-ring (bicyclic) bond motifs is 1. The van der Waals surface area contributed by atoms with E-state index in [2.05, 4.69) is 10.6 Å². The summed E-state index contributed by atoms with van der Waals surface area (Å²) in [4.78, 5) is 38.0. The van der Waals surface area contributed by atoms with Crippen LogP contribution in [0, 0.1) is 17.8 Å². The summed E-state index contributed by atoms with van der Waals surface area (Å²) < 4.78 is 0. The minimum absolute atomic E-state index is 0.0252. The van der Waals surface area contributed by atoms with Gasteiger partial charge in [-0.3, -0.25) is 25.1 Å². The number of anilines is 1. The number of imide groups is 1. The van der Waals surface area contributed by atoms with Crippen LogP contribution in [0.5, 0.6) is 0 Å². The maximum Gasteiger partial charge on any atom is 0.329 e. The Bertz CT molecular complexity index is 688. The van der Waals surface area contributed by atoms with Gasteiger partial charge in [-0.1, -0.05) is 18.2 Å². The molecule has 7 heteroatoms. The molecule has 1 aliphatic carbocycles. The lowest BCUT2D eigenvalue weighted by Crippen LogP contribution is -2.71. The molecule has 2 saturated heterocycles. The number of amides is 3. The molecule has 4 atom stereocenters. The molecule has 7 nitrogen and oxygen atoms in total. The number of urea groups is 1. The zero-order valence-corrected chi connectivity index (χ0v) is 13.0. The molecule has 24 heavy (non-hydrogen) atoms. The summed E-state index contributed by atoms with van der Waals surface area (Å²) in [5.41, 5.74) is 0.644. The number of carboxylic acid groups (broad SMARTS) is 1. The van der Waals surface area contributed by atoms with Crippen molar-refractivity contribution in [2.75, 3.05) is 4.90 Å². The van der Waals surface area contributed by atoms with E-state index in [1.807, 2.05) is 18.2 Å². The Morgan fingerprint density at radius 1 is 1.17 bits per heavy atom. The highest BCUT2D eigenvalue weighted by Gasteiger charge is 2.54. The zero-order chi connectivity index (χ0) is 16.8. The number of rotatable bonds is 3. The highest BCUT2D eigenvalue weighted by atomic mass is 16.4. The monoisotopic (exact) mass is 329 g/mol. The van der Waals surface area contributed by atoms with Crippen molar-refractivity contribution in [2.24, 2.45) is 17.8 Å². The van der Waals surface area contributed by atoms with E-state index in [9.17, 15) is 19.5 Å². The molecule has 3 amide bonds. The van der Waals surface area contributed by atoms with E-state index in [1.54, 1.807) is 12.1 Å². The van der Waals surface area contributed by atoms with E-state index in [-0.39, 0.29) is 6.04 Å². The van der Waals surface area contributed by atoms with Gasteiger partial charge in [-0.25, -0.2) is 4.79 Å². The van der Waals surface area contributed by atoms with Crippen molar-refractivity contribution >= 4 is 23.6 Å². The van der Waals surface area contributed by atoms with E-state index in [0.29, 0.717) is 18.0 Å². The third kappa shape index (κ3) is 2.45. The van der Waals surface area contributed by atoms with Crippen LogP contribution in [0.4, 0.5) is 10.5 Å². The van der Waals surface area contributed by atoms with Gasteiger partial charge in [0.1, 0.15) is 6.17 Å². The van der Waals surface area contributed by atoms with Crippen LogP contribution < -0.4 is 15.5 Å². The summed E-state index contributed by atoms with van der Waals surface area (Å²) in [5, 5.41) is 15.3. The van der Waals surface area contributed by atoms with Crippen molar-refractivity contribution in [3.8, 4) is 0 Å². The molecule has 3 fully saturated rings. The number of nitrogens with one attached hydrogen (secondary N) is 2. The van der Waals surface area contributed by atoms with E-state index in [4.69, 9.17) is 0 Å². The molecular formula is C17H19N3O4. The van der Waals surface area contributed by atoms with Crippen molar-refractivity contribution in [3.63, 3.8) is 0 Å². The molecule has 0 aromatic heterocycles. The molecule has 0 bridgehead atoms. The van der Waals surface area contributed by atoms with Crippen molar-refractivity contribution in [2.45, 2.75) is 31.5 Å².